The molecular formula is C21H22F2N4. The van der Waals surface area contributed by atoms with Gasteiger partial charge in [0.15, 0.2) is 0 Å². The van der Waals surface area contributed by atoms with Gasteiger partial charge >= 0.3 is 0 Å². The molecule has 4 nitrogen and oxygen atoms in total. The molecule has 5 N–H and O–H groups in total. The molecular weight excluding hydrogens is 346 g/mol. The summed E-state index contributed by atoms with van der Waals surface area (Å²) in [6.07, 6.45) is 4.99. The second kappa shape index (κ2) is 7.32. The maximum absolute atomic E-state index is 14.3. The predicted molar refractivity (Wildman–Crippen MR) is 107 cm³/mol. The lowest BCUT2D eigenvalue weighted by Crippen LogP contribution is -2.32. The molecule has 2 aromatic carbocycles. The summed E-state index contributed by atoms with van der Waals surface area (Å²) in [6, 6.07) is 8.72. The molecule has 1 fully saturated rings. The first-order chi connectivity index (χ1) is 12.8. The van der Waals surface area contributed by atoms with E-state index < -0.39 is 5.82 Å². The standard InChI is InChI=1S/C21H22F2N4/c1-13(21(26-2)8-9-21)27-20-11-16(19(25)12-17(20)23)18(24)7-6-14-4-3-5-15(22)10-14/h3-7,10-12,24,26-27H,1,8-9,25H2,2H3/b7-6+,24-18?. The number of hydrogen-bond acceptors (Lipinski definition) is 4. The Morgan fingerprint density at radius 1 is 1.26 bits per heavy atom. The molecule has 2 aromatic rings. The third-order valence-electron chi connectivity index (χ3n) is 4.81. The van der Waals surface area contributed by atoms with Crippen molar-refractivity contribution in [3.8, 4) is 0 Å². The maximum atomic E-state index is 14.3. The average Bonchev–Trinajstić information content (AvgIpc) is 3.43. The van der Waals surface area contributed by atoms with Gasteiger partial charge in [0, 0.05) is 16.9 Å². The van der Waals surface area contributed by atoms with E-state index in [0.29, 0.717) is 16.8 Å². The van der Waals surface area contributed by atoms with Crippen LogP contribution in [0.2, 0.25) is 0 Å². The van der Waals surface area contributed by atoms with Gasteiger partial charge in [-0.05, 0) is 55.8 Å². The van der Waals surface area contributed by atoms with Crippen LogP contribution in [0.15, 0.2) is 54.8 Å². The lowest BCUT2D eigenvalue weighted by molar-refractivity contribution is 0.621. The van der Waals surface area contributed by atoms with Crippen LogP contribution in [-0.2, 0) is 0 Å². The Bertz CT molecular complexity index is 930. The number of rotatable bonds is 7. The van der Waals surface area contributed by atoms with E-state index in [4.69, 9.17) is 11.1 Å². The molecule has 1 saturated carbocycles. The van der Waals surface area contributed by atoms with Crippen LogP contribution in [0.25, 0.3) is 6.08 Å². The Balaban J connectivity index is 1.82. The Morgan fingerprint density at radius 3 is 2.63 bits per heavy atom. The van der Waals surface area contributed by atoms with Crippen molar-refractivity contribution in [3.05, 3.63) is 77.5 Å². The van der Waals surface area contributed by atoms with E-state index in [0.717, 1.165) is 12.8 Å². The summed E-state index contributed by atoms with van der Waals surface area (Å²) in [5, 5.41) is 14.4. The van der Waals surface area contributed by atoms with Crippen molar-refractivity contribution in [2.45, 2.75) is 18.4 Å². The van der Waals surface area contributed by atoms with Gasteiger partial charge in [-0.25, -0.2) is 8.78 Å². The molecule has 0 spiro atoms. The number of nitrogens with one attached hydrogen (secondary N) is 3. The molecule has 0 amide bonds. The molecule has 0 saturated heterocycles. The number of likely N-dealkylation sites (N-methyl/N-ethyl adjacent to an activating group) is 1. The zero-order valence-electron chi connectivity index (χ0n) is 15.1. The van der Waals surface area contributed by atoms with Crippen molar-refractivity contribution in [2.24, 2.45) is 0 Å². The summed E-state index contributed by atoms with van der Waals surface area (Å²) in [6.45, 7) is 4.00. The normalized spacial score (nSPS) is 14.9. The van der Waals surface area contributed by atoms with Crippen molar-refractivity contribution in [1.29, 1.82) is 5.41 Å². The van der Waals surface area contributed by atoms with E-state index in [9.17, 15) is 8.78 Å². The number of benzene rings is 2. The highest BCUT2D eigenvalue weighted by Crippen LogP contribution is 2.41. The molecule has 27 heavy (non-hydrogen) atoms. The summed E-state index contributed by atoms with van der Waals surface area (Å²) >= 11 is 0. The number of nitrogens with two attached hydrogens (primary N) is 1. The minimum Gasteiger partial charge on any atom is -0.398 e. The van der Waals surface area contributed by atoms with E-state index in [1.165, 1.54) is 30.3 Å². The SMILES string of the molecule is C=C(Nc1cc(C(=N)/C=C/c2cccc(F)c2)c(N)cc1F)C1(NC)CC1. The van der Waals surface area contributed by atoms with Gasteiger partial charge in [-0.15, -0.1) is 0 Å². The zero-order chi connectivity index (χ0) is 19.6. The van der Waals surface area contributed by atoms with Crippen molar-refractivity contribution in [3.63, 3.8) is 0 Å². The molecule has 3 rings (SSSR count). The van der Waals surface area contributed by atoms with Gasteiger partial charge in [-0.3, -0.25) is 0 Å². The molecule has 0 aliphatic heterocycles. The molecule has 0 bridgehead atoms. The van der Waals surface area contributed by atoms with Gasteiger partial charge < -0.3 is 21.8 Å². The molecule has 1 aliphatic carbocycles. The summed E-state index contributed by atoms with van der Waals surface area (Å²) in [7, 11) is 1.84. The van der Waals surface area contributed by atoms with Crippen LogP contribution in [-0.4, -0.2) is 18.3 Å². The van der Waals surface area contributed by atoms with Crippen molar-refractivity contribution < 1.29 is 8.78 Å². The van der Waals surface area contributed by atoms with E-state index in [1.807, 2.05) is 7.05 Å². The first-order valence-corrected chi connectivity index (χ1v) is 8.61. The first kappa shape index (κ1) is 18.8. The second-order valence-corrected chi connectivity index (χ2v) is 6.66. The van der Waals surface area contributed by atoms with Crippen LogP contribution < -0.4 is 16.4 Å². The molecule has 140 valence electrons. The summed E-state index contributed by atoms with van der Waals surface area (Å²) < 4.78 is 27.6. The fourth-order valence-corrected chi connectivity index (χ4v) is 2.91. The van der Waals surface area contributed by atoms with E-state index in [-0.39, 0.29) is 28.4 Å². The Hall–Kier alpha value is -2.99. The van der Waals surface area contributed by atoms with Crippen molar-refractivity contribution >= 4 is 23.2 Å². The first-order valence-electron chi connectivity index (χ1n) is 8.61. The third-order valence-corrected chi connectivity index (χ3v) is 4.81. The average molecular weight is 368 g/mol. The third kappa shape index (κ3) is 4.06. The predicted octanol–water partition coefficient (Wildman–Crippen LogP) is 4.31. The van der Waals surface area contributed by atoms with Crippen LogP contribution in [0.4, 0.5) is 20.2 Å². The molecule has 0 unspecified atom stereocenters. The highest BCUT2D eigenvalue weighted by atomic mass is 19.1. The van der Waals surface area contributed by atoms with Gasteiger partial charge in [0.25, 0.3) is 0 Å². The van der Waals surface area contributed by atoms with Crippen molar-refractivity contribution in [1.82, 2.24) is 5.32 Å². The highest BCUT2D eigenvalue weighted by Gasteiger charge is 2.44. The molecule has 0 radical (unpaired) electrons. The van der Waals surface area contributed by atoms with Crippen LogP contribution >= 0.6 is 0 Å². The molecule has 1 aliphatic rings. The number of nitrogen functional groups attached to an aromatic ring is 1. The Kier molecular flexibility index (Phi) is 5.10. The number of anilines is 2. The lowest BCUT2D eigenvalue weighted by atomic mass is 10.0. The lowest BCUT2D eigenvalue weighted by Gasteiger charge is -2.20. The fourth-order valence-electron chi connectivity index (χ4n) is 2.91. The zero-order valence-corrected chi connectivity index (χ0v) is 15.1. The summed E-state index contributed by atoms with van der Waals surface area (Å²) in [5.41, 5.74) is 7.85. The highest BCUT2D eigenvalue weighted by molar-refractivity contribution is 6.12. The van der Waals surface area contributed by atoms with Crippen LogP contribution in [0.1, 0.15) is 24.0 Å². The van der Waals surface area contributed by atoms with Gasteiger partial charge in [0.05, 0.1) is 16.9 Å². The molecule has 6 heteroatoms. The Labute approximate surface area is 157 Å². The summed E-state index contributed by atoms with van der Waals surface area (Å²) in [5.74, 6) is -0.861. The topological polar surface area (TPSA) is 73.9 Å². The van der Waals surface area contributed by atoms with Crippen LogP contribution in [0.5, 0.6) is 0 Å². The number of hydrogen-bond donors (Lipinski definition) is 4. The van der Waals surface area contributed by atoms with Crippen molar-refractivity contribution in [2.75, 3.05) is 18.1 Å². The molecule has 0 heterocycles. The minimum absolute atomic E-state index is 0.0974. The van der Waals surface area contributed by atoms with E-state index >= 15 is 0 Å². The van der Waals surface area contributed by atoms with Gasteiger partial charge in [-0.2, -0.15) is 0 Å². The molecule has 0 atom stereocenters. The van der Waals surface area contributed by atoms with Gasteiger partial charge in [0.1, 0.15) is 11.6 Å². The summed E-state index contributed by atoms with van der Waals surface area (Å²) in [4.78, 5) is 0. The van der Waals surface area contributed by atoms with Gasteiger partial charge in [0.2, 0.25) is 0 Å². The quantitative estimate of drug-likeness (QED) is 0.435. The number of halogens is 2. The van der Waals surface area contributed by atoms with Crippen LogP contribution in [0.3, 0.4) is 0 Å². The minimum atomic E-state index is -0.508. The number of allylic oxidation sites excluding steroid dienone is 1. The van der Waals surface area contributed by atoms with Crippen LogP contribution in [0, 0.1) is 17.0 Å². The largest absolute Gasteiger partial charge is 0.398 e. The fraction of sp³-hybridized carbons (Fsp3) is 0.190. The maximum Gasteiger partial charge on any atom is 0.148 e. The monoisotopic (exact) mass is 368 g/mol. The molecule has 0 aromatic heterocycles. The van der Waals surface area contributed by atoms with Gasteiger partial charge in [-0.1, -0.05) is 24.8 Å². The van der Waals surface area contributed by atoms with E-state index in [1.54, 1.807) is 18.2 Å². The Morgan fingerprint density at radius 2 is 2.00 bits per heavy atom. The smallest absolute Gasteiger partial charge is 0.148 e. The van der Waals surface area contributed by atoms with E-state index in [2.05, 4.69) is 17.2 Å². The second-order valence-electron chi connectivity index (χ2n) is 6.66.